The lowest BCUT2D eigenvalue weighted by atomic mass is 10.1. The lowest BCUT2D eigenvalue weighted by molar-refractivity contribution is 0.0963. The third kappa shape index (κ3) is 3.97. The van der Waals surface area contributed by atoms with Crippen LogP contribution in [0.25, 0.3) is 16.6 Å². The van der Waals surface area contributed by atoms with Crippen LogP contribution in [0.3, 0.4) is 0 Å². The van der Waals surface area contributed by atoms with Gasteiger partial charge in [0.2, 0.25) is 0 Å². The molecule has 10 heteroatoms. The number of rotatable bonds is 5. The smallest absolute Gasteiger partial charge is 0.330 e. The van der Waals surface area contributed by atoms with Crippen LogP contribution >= 0.6 is 11.6 Å². The van der Waals surface area contributed by atoms with Crippen LogP contribution in [-0.2, 0) is 6.54 Å². The molecule has 5 rings (SSSR count). The number of ether oxygens (including phenoxy) is 1. The number of hydrogen-bond donors (Lipinski definition) is 2. The number of nitrogens with zero attached hydrogens (tertiary/aromatic N) is 4. The van der Waals surface area contributed by atoms with E-state index in [2.05, 4.69) is 25.1 Å². The van der Waals surface area contributed by atoms with E-state index in [1.54, 1.807) is 36.9 Å². The predicted octanol–water partition coefficient (Wildman–Crippen LogP) is 2.52. The minimum absolute atomic E-state index is 0.171. The van der Waals surface area contributed by atoms with Crippen molar-refractivity contribution >= 4 is 39.7 Å². The molecule has 2 N–H and O–H groups in total. The normalized spacial score (nSPS) is 14.6. The van der Waals surface area contributed by atoms with Crippen molar-refractivity contribution in [1.29, 1.82) is 0 Å². The summed E-state index contributed by atoms with van der Waals surface area (Å²) in [6.45, 7) is 3.98. The Morgan fingerprint density at radius 3 is 2.76 bits per heavy atom. The number of piperazine rings is 1. The van der Waals surface area contributed by atoms with Crippen molar-refractivity contribution in [3.05, 3.63) is 69.4 Å². The van der Waals surface area contributed by atoms with Gasteiger partial charge in [-0.2, -0.15) is 0 Å². The number of methoxy groups -OCH3 is 1. The first-order chi connectivity index (χ1) is 16.5. The van der Waals surface area contributed by atoms with E-state index in [0.717, 1.165) is 60.5 Å². The number of anilines is 1. The Labute approximate surface area is 200 Å². The first-order valence-corrected chi connectivity index (χ1v) is 11.4. The number of benzene rings is 1. The molecule has 0 aliphatic carbocycles. The van der Waals surface area contributed by atoms with E-state index in [1.807, 2.05) is 24.4 Å². The zero-order valence-electron chi connectivity index (χ0n) is 19.0. The zero-order chi connectivity index (χ0) is 23.8. The molecule has 1 aliphatic rings. The van der Waals surface area contributed by atoms with Crippen molar-refractivity contribution in [3.8, 4) is 5.75 Å². The fourth-order valence-corrected chi connectivity index (χ4v) is 4.73. The molecule has 0 atom stereocenters. The molecule has 9 nitrogen and oxygen atoms in total. The Kier molecular flexibility index (Phi) is 5.89. The summed E-state index contributed by atoms with van der Waals surface area (Å²) >= 11 is 6.39. The number of hydrogen-bond acceptors (Lipinski definition) is 6. The number of fused-ring (bicyclic) bond motifs is 3. The number of halogens is 1. The maximum atomic E-state index is 12.3. The van der Waals surface area contributed by atoms with Crippen LogP contribution in [0.5, 0.6) is 5.75 Å². The van der Waals surface area contributed by atoms with Crippen LogP contribution in [0.15, 0.2) is 47.5 Å². The Balaban J connectivity index is 1.31. The Hall–Kier alpha value is -3.56. The van der Waals surface area contributed by atoms with Crippen molar-refractivity contribution in [2.75, 3.05) is 45.2 Å². The first-order valence-electron chi connectivity index (χ1n) is 11.0. The molecule has 0 radical (unpaired) electrons. The van der Waals surface area contributed by atoms with Gasteiger partial charge in [0.1, 0.15) is 11.3 Å². The molecule has 34 heavy (non-hydrogen) atoms. The SMILES string of the molecule is CNC(=O)c1cc(OC)c(N2CCN(Cc3cnc4c(c3)[nH]c(=O)n3cccc43)CC2)cc1Cl. The molecule has 1 fully saturated rings. The minimum atomic E-state index is -0.247. The van der Waals surface area contributed by atoms with Gasteiger partial charge in [0, 0.05) is 52.2 Å². The van der Waals surface area contributed by atoms with Crippen LogP contribution in [0.4, 0.5) is 5.69 Å². The molecule has 3 aromatic heterocycles. The maximum absolute atomic E-state index is 12.3. The predicted molar refractivity (Wildman–Crippen MR) is 132 cm³/mol. The summed E-state index contributed by atoms with van der Waals surface area (Å²) in [4.78, 5) is 36.5. The Bertz CT molecular complexity index is 1440. The molecule has 0 spiro atoms. The van der Waals surface area contributed by atoms with E-state index in [0.29, 0.717) is 16.3 Å². The van der Waals surface area contributed by atoms with Crippen LogP contribution < -0.4 is 20.6 Å². The second-order valence-corrected chi connectivity index (χ2v) is 8.69. The fourth-order valence-electron chi connectivity index (χ4n) is 4.49. The Morgan fingerprint density at radius 1 is 1.24 bits per heavy atom. The molecule has 0 unspecified atom stereocenters. The number of aromatic amines is 1. The highest BCUT2D eigenvalue weighted by Crippen LogP contribution is 2.35. The first kappa shape index (κ1) is 22.2. The van der Waals surface area contributed by atoms with Crippen molar-refractivity contribution in [3.63, 3.8) is 0 Å². The molecule has 1 aromatic carbocycles. The largest absolute Gasteiger partial charge is 0.495 e. The van der Waals surface area contributed by atoms with E-state index >= 15 is 0 Å². The number of H-pyrrole nitrogens is 1. The van der Waals surface area contributed by atoms with Crippen molar-refractivity contribution in [2.24, 2.45) is 0 Å². The van der Waals surface area contributed by atoms with Gasteiger partial charge in [-0.25, -0.2) is 4.79 Å². The van der Waals surface area contributed by atoms with Crippen LogP contribution in [0, 0.1) is 0 Å². The number of amides is 1. The highest BCUT2D eigenvalue weighted by molar-refractivity contribution is 6.34. The summed E-state index contributed by atoms with van der Waals surface area (Å²) in [6, 6.07) is 9.22. The second-order valence-electron chi connectivity index (χ2n) is 8.28. The van der Waals surface area contributed by atoms with Crippen molar-refractivity contribution in [1.82, 2.24) is 24.6 Å². The lowest BCUT2D eigenvalue weighted by Crippen LogP contribution is -2.46. The molecular weight excluding hydrogens is 456 g/mol. The highest BCUT2D eigenvalue weighted by atomic mass is 35.5. The summed E-state index contributed by atoms with van der Waals surface area (Å²) in [7, 11) is 3.16. The summed E-state index contributed by atoms with van der Waals surface area (Å²) in [6.07, 6.45) is 3.61. The molecule has 1 aliphatic heterocycles. The van der Waals surface area contributed by atoms with Crippen LogP contribution in [0.2, 0.25) is 5.02 Å². The third-order valence-corrected chi connectivity index (χ3v) is 6.57. The number of nitrogens with one attached hydrogen (secondary N) is 2. The molecular formula is C24H25ClN6O3. The summed E-state index contributed by atoms with van der Waals surface area (Å²) in [5, 5.41) is 2.99. The van der Waals surface area contributed by atoms with Gasteiger partial charge in [-0.3, -0.25) is 19.1 Å². The molecule has 1 amide bonds. The van der Waals surface area contributed by atoms with E-state index in [4.69, 9.17) is 16.3 Å². The second kappa shape index (κ2) is 9.00. The number of carbonyl (C=O) groups excluding carboxylic acids is 1. The van der Waals surface area contributed by atoms with Crippen LogP contribution in [-0.4, -0.2) is 65.5 Å². The van der Waals surface area contributed by atoms with E-state index in [-0.39, 0.29) is 11.6 Å². The van der Waals surface area contributed by atoms with Gasteiger partial charge in [-0.05, 0) is 35.9 Å². The number of aromatic nitrogens is 3. The fraction of sp³-hybridized carbons (Fsp3) is 0.292. The van der Waals surface area contributed by atoms with Crippen LogP contribution in [0.1, 0.15) is 15.9 Å². The summed E-state index contributed by atoms with van der Waals surface area (Å²) in [5.74, 6) is 0.374. The third-order valence-electron chi connectivity index (χ3n) is 6.26. The van der Waals surface area contributed by atoms with Gasteiger partial charge in [0.25, 0.3) is 5.91 Å². The molecule has 4 heterocycles. The highest BCUT2D eigenvalue weighted by Gasteiger charge is 2.23. The molecule has 0 saturated carbocycles. The van der Waals surface area contributed by atoms with E-state index in [9.17, 15) is 9.59 Å². The number of carbonyl (C=O) groups is 1. The van der Waals surface area contributed by atoms with E-state index in [1.165, 1.54) is 0 Å². The maximum Gasteiger partial charge on any atom is 0.330 e. The van der Waals surface area contributed by atoms with Gasteiger partial charge in [0.15, 0.2) is 0 Å². The molecule has 1 saturated heterocycles. The average molecular weight is 481 g/mol. The lowest BCUT2D eigenvalue weighted by Gasteiger charge is -2.36. The quantitative estimate of drug-likeness (QED) is 0.456. The number of pyridine rings is 1. The van der Waals surface area contributed by atoms with Gasteiger partial charge in [0.05, 0.1) is 34.4 Å². The van der Waals surface area contributed by atoms with Gasteiger partial charge in [-0.15, -0.1) is 0 Å². The topological polar surface area (TPSA) is 95.0 Å². The summed E-state index contributed by atoms with van der Waals surface area (Å²) in [5.41, 5.74) is 4.46. The summed E-state index contributed by atoms with van der Waals surface area (Å²) < 4.78 is 7.12. The van der Waals surface area contributed by atoms with Gasteiger partial charge >= 0.3 is 5.69 Å². The minimum Gasteiger partial charge on any atom is -0.495 e. The van der Waals surface area contributed by atoms with Crippen molar-refractivity contribution in [2.45, 2.75) is 6.54 Å². The monoisotopic (exact) mass is 480 g/mol. The van der Waals surface area contributed by atoms with Gasteiger partial charge in [-0.1, -0.05) is 11.6 Å². The van der Waals surface area contributed by atoms with Gasteiger partial charge < -0.3 is 19.9 Å². The standard InChI is InChI=1S/C24H25ClN6O3/c1-26-23(32)16-11-21(34-2)20(12-17(16)25)30-8-6-29(7-9-30)14-15-10-18-22(27-13-15)19-4-3-5-31(19)24(33)28-18/h3-5,10-13H,6-9,14H2,1-2H3,(H,26,32)(H,28,33). The molecule has 4 aromatic rings. The van der Waals surface area contributed by atoms with Crippen molar-refractivity contribution < 1.29 is 9.53 Å². The Morgan fingerprint density at radius 2 is 2.03 bits per heavy atom. The molecule has 176 valence electrons. The zero-order valence-corrected chi connectivity index (χ0v) is 19.7. The average Bonchev–Trinajstić information content (AvgIpc) is 3.35. The van der Waals surface area contributed by atoms with E-state index < -0.39 is 0 Å². The molecule has 0 bridgehead atoms.